The van der Waals surface area contributed by atoms with Gasteiger partial charge in [-0.1, -0.05) is 6.07 Å². The molecule has 2 aliphatic heterocycles. The first kappa shape index (κ1) is 15.0. The summed E-state index contributed by atoms with van der Waals surface area (Å²) in [7, 11) is 0. The van der Waals surface area contributed by atoms with E-state index in [0.29, 0.717) is 31.2 Å². The molecule has 0 aliphatic carbocycles. The van der Waals surface area contributed by atoms with Crippen LogP contribution in [0.25, 0.3) is 11.1 Å². The fourth-order valence-electron chi connectivity index (χ4n) is 2.83. The summed E-state index contributed by atoms with van der Waals surface area (Å²) in [6.45, 7) is 2.23. The zero-order valence-corrected chi connectivity index (χ0v) is 13.0. The highest BCUT2D eigenvalue weighted by Gasteiger charge is 2.20. The summed E-state index contributed by atoms with van der Waals surface area (Å²) < 4.78 is 16.1. The summed E-state index contributed by atoms with van der Waals surface area (Å²) in [6, 6.07) is 5.67. The van der Waals surface area contributed by atoms with Gasteiger partial charge in [0.15, 0.2) is 11.5 Å². The molecular weight excluding hydrogens is 312 g/mol. The molecule has 1 fully saturated rings. The van der Waals surface area contributed by atoms with Crippen molar-refractivity contribution in [2.45, 2.75) is 12.5 Å². The Morgan fingerprint density at radius 2 is 2.25 bits per heavy atom. The number of rotatable bonds is 4. The standard InChI is InChI=1S/C16H18N4O4/c21-15(6-11-8-22-4-3-17-11)19-16-12(7-18-20-16)10-1-2-13-14(5-10)24-9-23-13/h1-2,5,7,11,17H,3-4,6,8-9H2,(H2,18,19,20,21). The summed E-state index contributed by atoms with van der Waals surface area (Å²) in [6.07, 6.45) is 2.02. The third-order valence-corrected chi connectivity index (χ3v) is 4.02. The maximum Gasteiger partial charge on any atom is 0.231 e. The molecule has 2 aliphatic rings. The monoisotopic (exact) mass is 330 g/mol. The highest BCUT2D eigenvalue weighted by molar-refractivity contribution is 5.94. The lowest BCUT2D eigenvalue weighted by Crippen LogP contribution is -2.43. The predicted octanol–water partition coefficient (Wildman–Crippen LogP) is 1.12. The fraction of sp³-hybridized carbons (Fsp3) is 0.375. The minimum atomic E-state index is -0.0933. The number of H-pyrrole nitrogens is 1. The van der Waals surface area contributed by atoms with E-state index in [1.807, 2.05) is 18.2 Å². The molecule has 1 aromatic carbocycles. The Bertz CT molecular complexity index is 739. The minimum absolute atomic E-state index is 0.0377. The summed E-state index contributed by atoms with van der Waals surface area (Å²) in [5.41, 5.74) is 1.69. The largest absolute Gasteiger partial charge is 0.454 e. The summed E-state index contributed by atoms with van der Waals surface area (Å²) in [4.78, 5) is 12.3. The molecule has 3 N–H and O–H groups in total. The van der Waals surface area contributed by atoms with E-state index in [1.165, 1.54) is 0 Å². The number of hydrogen-bond acceptors (Lipinski definition) is 6. The Morgan fingerprint density at radius 1 is 1.33 bits per heavy atom. The van der Waals surface area contributed by atoms with Gasteiger partial charge in [-0.2, -0.15) is 5.10 Å². The third-order valence-electron chi connectivity index (χ3n) is 4.02. The van der Waals surface area contributed by atoms with Gasteiger partial charge in [-0.3, -0.25) is 9.89 Å². The second-order valence-corrected chi connectivity index (χ2v) is 5.70. The Morgan fingerprint density at radius 3 is 3.12 bits per heavy atom. The molecule has 0 saturated carbocycles. The van der Waals surface area contributed by atoms with Gasteiger partial charge in [0.05, 0.1) is 19.4 Å². The Labute approximate surface area is 138 Å². The predicted molar refractivity (Wildman–Crippen MR) is 86.0 cm³/mol. The maximum atomic E-state index is 12.3. The van der Waals surface area contributed by atoms with Crippen molar-refractivity contribution >= 4 is 11.7 Å². The van der Waals surface area contributed by atoms with Crippen LogP contribution in [-0.4, -0.2) is 48.7 Å². The number of fused-ring (bicyclic) bond motifs is 1. The van der Waals surface area contributed by atoms with Crippen LogP contribution >= 0.6 is 0 Å². The summed E-state index contributed by atoms with van der Waals surface area (Å²) in [5, 5.41) is 13.0. The number of hydrogen-bond donors (Lipinski definition) is 3. The van der Waals surface area contributed by atoms with Crippen molar-refractivity contribution in [1.29, 1.82) is 0 Å². The number of morpholine rings is 1. The zero-order chi connectivity index (χ0) is 16.4. The molecule has 126 valence electrons. The van der Waals surface area contributed by atoms with Crippen LogP contribution in [0.1, 0.15) is 6.42 Å². The number of carbonyl (C=O) groups excluding carboxylic acids is 1. The van der Waals surface area contributed by atoms with Crippen LogP contribution in [0.3, 0.4) is 0 Å². The minimum Gasteiger partial charge on any atom is -0.454 e. The van der Waals surface area contributed by atoms with Gasteiger partial charge < -0.3 is 24.8 Å². The zero-order valence-electron chi connectivity index (χ0n) is 13.0. The molecule has 0 spiro atoms. The van der Waals surface area contributed by atoms with Gasteiger partial charge in [-0.05, 0) is 17.7 Å². The molecular formula is C16H18N4O4. The number of ether oxygens (including phenoxy) is 3. The number of nitrogens with one attached hydrogen (secondary N) is 3. The third kappa shape index (κ3) is 3.06. The van der Waals surface area contributed by atoms with Gasteiger partial charge in [-0.15, -0.1) is 0 Å². The van der Waals surface area contributed by atoms with Crippen LogP contribution in [0.2, 0.25) is 0 Å². The van der Waals surface area contributed by atoms with E-state index in [2.05, 4.69) is 20.8 Å². The number of amides is 1. The first-order valence-electron chi connectivity index (χ1n) is 7.84. The number of benzene rings is 1. The topological polar surface area (TPSA) is 97.5 Å². The van der Waals surface area contributed by atoms with Crippen molar-refractivity contribution in [1.82, 2.24) is 15.5 Å². The van der Waals surface area contributed by atoms with Crippen LogP contribution in [0.4, 0.5) is 5.82 Å². The Kier molecular flexibility index (Phi) is 4.06. The number of aromatic amines is 1. The Hall–Kier alpha value is -2.58. The van der Waals surface area contributed by atoms with E-state index in [0.717, 1.165) is 23.4 Å². The highest BCUT2D eigenvalue weighted by atomic mass is 16.7. The van der Waals surface area contributed by atoms with Crippen molar-refractivity contribution in [3.63, 3.8) is 0 Å². The first-order valence-corrected chi connectivity index (χ1v) is 7.84. The summed E-state index contributed by atoms with van der Waals surface area (Å²) >= 11 is 0. The normalized spacial score (nSPS) is 19.2. The molecule has 1 aromatic heterocycles. The molecule has 24 heavy (non-hydrogen) atoms. The quantitative estimate of drug-likeness (QED) is 0.777. The van der Waals surface area contributed by atoms with Crippen LogP contribution in [0.5, 0.6) is 11.5 Å². The van der Waals surface area contributed by atoms with Gasteiger partial charge in [0.1, 0.15) is 5.82 Å². The molecule has 1 unspecified atom stereocenters. The van der Waals surface area contributed by atoms with Crippen molar-refractivity contribution < 1.29 is 19.0 Å². The smallest absolute Gasteiger partial charge is 0.231 e. The lowest BCUT2D eigenvalue weighted by molar-refractivity contribution is -0.117. The van der Waals surface area contributed by atoms with Crippen LogP contribution < -0.4 is 20.1 Å². The lowest BCUT2D eigenvalue weighted by atomic mass is 10.1. The second kappa shape index (κ2) is 6.50. The number of anilines is 1. The van der Waals surface area contributed by atoms with Gasteiger partial charge >= 0.3 is 0 Å². The molecule has 1 saturated heterocycles. The average Bonchev–Trinajstić information content (AvgIpc) is 3.23. The van der Waals surface area contributed by atoms with Gasteiger partial charge in [0.2, 0.25) is 12.7 Å². The van der Waals surface area contributed by atoms with Crippen molar-refractivity contribution in [3.8, 4) is 22.6 Å². The van der Waals surface area contributed by atoms with E-state index in [-0.39, 0.29) is 18.7 Å². The van der Waals surface area contributed by atoms with E-state index >= 15 is 0 Å². The Balaban J connectivity index is 1.47. The van der Waals surface area contributed by atoms with Crippen LogP contribution in [0, 0.1) is 0 Å². The molecule has 1 atom stereocenters. The molecule has 2 aromatic rings. The molecule has 1 amide bonds. The average molecular weight is 330 g/mol. The van der Waals surface area contributed by atoms with E-state index in [9.17, 15) is 4.79 Å². The SMILES string of the molecule is O=C(CC1COCCN1)Nc1[nH]ncc1-c1ccc2c(c1)OCO2. The number of nitrogens with zero attached hydrogens (tertiary/aromatic N) is 1. The number of carbonyl (C=O) groups is 1. The first-order chi connectivity index (χ1) is 11.8. The van der Waals surface area contributed by atoms with Crippen molar-refractivity contribution in [2.24, 2.45) is 0 Å². The van der Waals surface area contributed by atoms with Gasteiger partial charge in [0, 0.05) is 24.6 Å². The second-order valence-electron chi connectivity index (χ2n) is 5.70. The number of aromatic nitrogens is 2. The van der Waals surface area contributed by atoms with E-state index in [4.69, 9.17) is 14.2 Å². The summed E-state index contributed by atoms with van der Waals surface area (Å²) in [5.74, 6) is 1.88. The molecule has 0 bridgehead atoms. The van der Waals surface area contributed by atoms with Gasteiger partial charge in [-0.25, -0.2) is 0 Å². The van der Waals surface area contributed by atoms with Crippen molar-refractivity contribution in [2.75, 3.05) is 31.9 Å². The highest BCUT2D eigenvalue weighted by Crippen LogP contribution is 2.37. The molecule has 8 heteroatoms. The lowest BCUT2D eigenvalue weighted by Gasteiger charge is -2.23. The maximum absolute atomic E-state index is 12.3. The van der Waals surface area contributed by atoms with Crippen LogP contribution in [-0.2, 0) is 9.53 Å². The van der Waals surface area contributed by atoms with Crippen LogP contribution in [0.15, 0.2) is 24.4 Å². The van der Waals surface area contributed by atoms with E-state index < -0.39 is 0 Å². The molecule has 4 rings (SSSR count). The molecule has 8 nitrogen and oxygen atoms in total. The van der Waals surface area contributed by atoms with Crippen molar-refractivity contribution in [3.05, 3.63) is 24.4 Å². The molecule has 0 radical (unpaired) electrons. The fourth-order valence-corrected chi connectivity index (χ4v) is 2.83. The van der Waals surface area contributed by atoms with Gasteiger partial charge in [0.25, 0.3) is 0 Å². The van der Waals surface area contributed by atoms with E-state index in [1.54, 1.807) is 6.20 Å². The molecule has 3 heterocycles.